The quantitative estimate of drug-likeness (QED) is 0.126. The van der Waals surface area contributed by atoms with E-state index in [0.717, 1.165) is 71.8 Å². The molecule has 0 amide bonds. The van der Waals surface area contributed by atoms with E-state index in [-0.39, 0.29) is 29.7 Å². The van der Waals surface area contributed by atoms with E-state index < -0.39 is 19.5 Å². The summed E-state index contributed by atoms with van der Waals surface area (Å²) in [7, 11) is -1.76. The van der Waals surface area contributed by atoms with E-state index in [1.54, 1.807) is 0 Å². The lowest BCUT2D eigenvalue weighted by atomic mass is 9.67. The molecule has 1 unspecified atom stereocenters. The number of hydrogen-bond donors (Lipinski definition) is 0. The first kappa shape index (κ1) is 28.6. The zero-order valence-corrected chi connectivity index (χ0v) is 33.4. The molecule has 12 rings (SSSR count). The second kappa shape index (κ2) is 12.1. The van der Waals surface area contributed by atoms with Gasteiger partial charge in [-0.3, -0.25) is 0 Å². The topological polar surface area (TPSA) is 13.1 Å². The van der Waals surface area contributed by atoms with Gasteiger partial charge in [-0.2, -0.15) is 0 Å². The van der Waals surface area contributed by atoms with E-state index in [1.807, 2.05) is 54.6 Å². The molecule has 1 aliphatic carbocycles. The Bertz CT molecular complexity index is 3690. The smallest absolute Gasteiger partial charge is 0.144 e. The minimum atomic E-state index is -1.76. The normalized spacial score (nSPS) is 16.4. The highest BCUT2D eigenvalue weighted by molar-refractivity contribution is 6.90. The molecule has 58 heavy (non-hydrogen) atoms. The maximum atomic E-state index is 9.65. The number of para-hydroxylation sites is 1. The van der Waals surface area contributed by atoms with Crippen molar-refractivity contribution in [1.29, 1.82) is 0 Å². The van der Waals surface area contributed by atoms with Gasteiger partial charge < -0.3 is 4.42 Å². The van der Waals surface area contributed by atoms with Crippen LogP contribution in [0.2, 0.25) is 19.6 Å². The molecule has 0 aliphatic heterocycles. The molecular weight excluding hydrogens is 717 g/mol. The molecule has 274 valence electrons. The summed E-state index contributed by atoms with van der Waals surface area (Å²) in [5.74, 6) is 0. The van der Waals surface area contributed by atoms with Gasteiger partial charge in [-0.25, -0.2) is 0 Å². The average molecular weight is 762 g/mol. The van der Waals surface area contributed by atoms with Gasteiger partial charge >= 0.3 is 0 Å². The average Bonchev–Trinajstić information content (AvgIpc) is 3.83. The van der Waals surface area contributed by atoms with Crippen molar-refractivity contribution in [3.05, 3.63) is 210 Å². The first-order valence-corrected chi connectivity index (χ1v) is 23.5. The van der Waals surface area contributed by atoms with Crippen LogP contribution < -0.4 is 5.19 Å². The summed E-state index contributed by atoms with van der Waals surface area (Å²) in [6.07, 6.45) is 0. The summed E-state index contributed by atoms with van der Waals surface area (Å²) in [5, 5.41) is 10.7. The molecule has 1 heterocycles. The van der Waals surface area contributed by atoms with Crippen LogP contribution >= 0.6 is 0 Å². The van der Waals surface area contributed by atoms with E-state index in [1.165, 1.54) is 32.1 Å². The lowest BCUT2D eigenvalue weighted by Crippen LogP contribution is -2.38. The summed E-state index contributed by atoms with van der Waals surface area (Å²) in [6.45, 7) is 7.24. The SMILES string of the molecule is [2H]c1c([2H])c([2H])c(C2(c3ccccc3)c3ccccc3-c3c2cc(-c2cc(-c4ccccc4)c4ccc5c([Si](C)(C)C)ccc6ccc2c4c65)c2c3oc3ccccc32)c([2H])c1[2H]. The van der Waals surface area contributed by atoms with Crippen LogP contribution in [-0.2, 0) is 5.41 Å². The van der Waals surface area contributed by atoms with Crippen LogP contribution in [0.5, 0.6) is 0 Å². The Balaban J connectivity index is 1.33. The van der Waals surface area contributed by atoms with E-state index in [9.17, 15) is 2.74 Å². The predicted octanol–water partition coefficient (Wildman–Crippen LogP) is 14.7. The third-order valence-corrected chi connectivity index (χ3v) is 14.8. The van der Waals surface area contributed by atoms with Crippen LogP contribution in [0.4, 0.5) is 0 Å². The van der Waals surface area contributed by atoms with Gasteiger partial charge in [-0.15, -0.1) is 0 Å². The summed E-state index contributed by atoms with van der Waals surface area (Å²) in [6, 6.07) is 53.7. The van der Waals surface area contributed by atoms with Crippen LogP contribution in [0, 0.1) is 0 Å². The lowest BCUT2D eigenvalue weighted by Gasteiger charge is -2.34. The molecular formula is C56H40OSi. The highest BCUT2D eigenvalue weighted by atomic mass is 28.3. The van der Waals surface area contributed by atoms with Crippen molar-refractivity contribution in [3.63, 3.8) is 0 Å². The largest absolute Gasteiger partial charge is 0.455 e. The van der Waals surface area contributed by atoms with Crippen molar-refractivity contribution in [2.45, 2.75) is 25.1 Å². The third-order valence-electron chi connectivity index (χ3n) is 12.7. The second-order valence-electron chi connectivity index (χ2n) is 16.8. The Hall–Kier alpha value is -6.74. The molecule has 1 aromatic heterocycles. The number of furan rings is 1. The van der Waals surface area contributed by atoms with Crippen LogP contribution in [0.3, 0.4) is 0 Å². The molecule has 0 bridgehead atoms. The fourth-order valence-corrected chi connectivity index (χ4v) is 11.9. The van der Waals surface area contributed by atoms with E-state index in [2.05, 4.69) is 123 Å². The fraction of sp³-hybridized carbons (Fsp3) is 0.0714. The van der Waals surface area contributed by atoms with Crippen molar-refractivity contribution < 1.29 is 11.3 Å². The number of rotatable bonds is 5. The van der Waals surface area contributed by atoms with E-state index >= 15 is 0 Å². The molecule has 0 saturated carbocycles. The molecule has 2 heteroatoms. The Morgan fingerprint density at radius 1 is 0.483 bits per heavy atom. The van der Waals surface area contributed by atoms with Gasteiger partial charge in [0.15, 0.2) is 0 Å². The monoisotopic (exact) mass is 761 g/mol. The number of hydrogen-bond acceptors (Lipinski definition) is 1. The van der Waals surface area contributed by atoms with Gasteiger partial charge in [-0.1, -0.05) is 195 Å². The molecule has 1 aliphatic rings. The summed E-state index contributed by atoms with van der Waals surface area (Å²) < 4.78 is 53.1. The van der Waals surface area contributed by atoms with Crippen molar-refractivity contribution in [3.8, 4) is 33.4 Å². The van der Waals surface area contributed by atoms with Crippen LogP contribution in [0.15, 0.2) is 192 Å². The van der Waals surface area contributed by atoms with Crippen LogP contribution in [0.25, 0.3) is 87.6 Å². The Morgan fingerprint density at radius 2 is 1.16 bits per heavy atom. The number of fused-ring (bicyclic) bond motifs is 7. The van der Waals surface area contributed by atoms with Crippen molar-refractivity contribution in [1.82, 2.24) is 0 Å². The predicted molar refractivity (Wildman–Crippen MR) is 249 cm³/mol. The Kier molecular flexibility index (Phi) is 5.99. The van der Waals surface area contributed by atoms with Gasteiger partial charge in [-0.05, 0) is 101 Å². The zero-order valence-electron chi connectivity index (χ0n) is 37.4. The Morgan fingerprint density at radius 3 is 1.97 bits per heavy atom. The van der Waals surface area contributed by atoms with E-state index in [0.29, 0.717) is 5.58 Å². The molecule has 0 fully saturated rings. The standard InChI is InChI=1S/C56H40OSi/c1-58(2,3)50-32-28-36-27-29-40-45(33-44(35-17-7-4-8-18-35)39-30-31-43(50)51(36)52(39)40)46-34-48-54(55-53(46)42-24-14-16-26-49(42)57-55)41-23-13-15-25-47(41)56(48,37-19-9-5-10-20-37)38-21-11-6-12-22-38/h4-34H,1-3H3/i5D,9D,10D,19D,20D. The molecule has 0 saturated heterocycles. The van der Waals surface area contributed by atoms with Gasteiger partial charge in [0.05, 0.1) is 20.3 Å². The van der Waals surface area contributed by atoms with Crippen molar-refractivity contribution >= 4 is 67.5 Å². The highest BCUT2D eigenvalue weighted by Crippen LogP contribution is 2.60. The molecule has 10 aromatic carbocycles. The summed E-state index contributed by atoms with van der Waals surface area (Å²) in [5.41, 5.74) is 8.78. The molecule has 0 radical (unpaired) electrons. The molecule has 1 nitrogen and oxygen atoms in total. The molecule has 1 atom stereocenters. The lowest BCUT2D eigenvalue weighted by molar-refractivity contribution is 0.669. The molecule has 11 aromatic rings. The van der Waals surface area contributed by atoms with Gasteiger partial charge in [0.2, 0.25) is 0 Å². The van der Waals surface area contributed by atoms with Crippen molar-refractivity contribution in [2.75, 3.05) is 0 Å². The summed E-state index contributed by atoms with van der Waals surface area (Å²) >= 11 is 0. The minimum Gasteiger partial charge on any atom is -0.455 e. The second-order valence-corrected chi connectivity index (χ2v) is 21.8. The first-order valence-electron chi connectivity index (χ1n) is 22.5. The van der Waals surface area contributed by atoms with Gasteiger partial charge in [0.25, 0.3) is 0 Å². The summed E-state index contributed by atoms with van der Waals surface area (Å²) in [4.78, 5) is 0. The number of benzene rings is 10. The van der Waals surface area contributed by atoms with Gasteiger partial charge in [0, 0.05) is 16.3 Å². The molecule has 0 spiro atoms. The fourth-order valence-electron chi connectivity index (χ4n) is 10.3. The van der Waals surface area contributed by atoms with Gasteiger partial charge in [0.1, 0.15) is 11.2 Å². The Labute approximate surface area is 346 Å². The van der Waals surface area contributed by atoms with Crippen LogP contribution in [-0.4, -0.2) is 8.07 Å². The van der Waals surface area contributed by atoms with E-state index in [4.69, 9.17) is 8.53 Å². The van der Waals surface area contributed by atoms with Crippen LogP contribution in [0.1, 0.15) is 29.1 Å². The highest BCUT2D eigenvalue weighted by Gasteiger charge is 2.48. The minimum absolute atomic E-state index is 0.214. The maximum Gasteiger partial charge on any atom is 0.144 e. The zero-order chi connectivity index (χ0) is 43.1. The van der Waals surface area contributed by atoms with Crippen molar-refractivity contribution in [2.24, 2.45) is 0 Å². The maximum absolute atomic E-state index is 9.65. The first-order chi connectivity index (χ1) is 30.5. The third kappa shape index (κ3) is 4.47. The molecule has 0 N–H and O–H groups in total.